The number of pyridine rings is 1. The molecule has 3 aromatic heterocycles. The summed E-state index contributed by atoms with van der Waals surface area (Å²) in [4.78, 5) is 56.9. The molecule has 0 aliphatic rings. The number of esters is 2. The zero-order valence-electron chi connectivity index (χ0n) is 22.3. The van der Waals surface area contributed by atoms with Gasteiger partial charge in [-0.3, -0.25) is 14.6 Å². The molecule has 2 N–H and O–H groups in total. The third kappa shape index (κ3) is 6.11. The number of amides is 2. The minimum absolute atomic E-state index is 0.0768. The highest BCUT2D eigenvalue weighted by Gasteiger charge is 2.25. The van der Waals surface area contributed by atoms with Crippen molar-refractivity contribution in [1.29, 1.82) is 0 Å². The van der Waals surface area contributed by atoms with Crippen LogP contribution in [0.4, 0.5) is 10.0 Å². The second-order valence-corrected chi connectivity index (χ2v) is 10.6. The first-order chi connectivity index (χ1) is 18.2. The van der Waals surface area contributed by atoms with Gasteiger partial charge in [-0.05, 0) is 63.8 Å². The number of aromatic nitrogens is 1. The van der Waals surface area contributed by atoms with Crippen molar-refractivity contribution in [2.24, 2.45) is 0 Å². The van der Waals surface area contributed by atoms with Crippen LogP contribution in [0.2, 0.25) is 0 Å². The van der Waals surface area contributed by atoms with Gasteiger partial charge in [-0.25, -0.2) is 9.59 Å². The Morgan fingerprint density at radius 3 is 1.63 bits per heavy atom. The van der Waals surface area contributed by atoms with Crippen molar-refractivity contribution < 1.29 is 28.7 Å². The van der Waals surface area contributed by atoms with Crippen LogP contribution in [0.25, 0.3) is 0 Å². The second kappa shape index (κ2) is 12.8. The van der Waals surface area contributed by atoms with Crippen LogP contribution in [0.5, 0.6) is 0 Å². The Bertz CT molecular complexity index is 1250. The molecule has 0 saturated heterocycles. The van der Waals surface area contributed by atoms with E-state index in [2.05, 4.69) is 15.6 Å². The van der Waals surface area contributed by atoms with Gasteiger partial charge in [0.05, 0.1) is 29.9 Å². The Hall–Kier alpha value is -3.57. The molecule has 0 saturated carbocycles. The molecule has 0 unspecified atom stereocenters. The summed E-state index contributed by atoms with van der Waals surface area (Å²) in [7, 11) is 0. The summed E-state index contributed by atoms with van der Waals surface area (Å²) < 4.78 is 10.4. The highest BCUT2D eigenvalue weighted by molar-refractivity contribution is 7.17. The van der Waals surface area contributed by atoms with Crippen LogP contribution >= 0.6 is 22.7 Å². The number of nitrogens with one attached hydrogen (secondary N) is 2. The van der Waals surface area contributed by atoms with Crippen molar-refractivity contribution in [1.82, 2.24) is 4.98 Å². The predicted molar refractivity (Wildman–Crippen MR) is 149 cm³/mol. The summed E-state index contributed by atoms with van der Waals surface area (Å²) >= 11 is 2.61. The molecule has 9 nitrogen and oxygen atoms in total. The van der Waals surface area contributed by atoms with E-state index < -0.39 is 23.8 Å². The molecule has 3 heterocycles. The lowest BCUT2D eigenvalue weighted by Gasteiger charge is -2.09. The van der Waals surface area contributed by atoms with E-state index in [-0.39, 0.29) is 24.5 Å². The normalized spacial score (nSPS) is 10.7. The van der Waals surface area contributed by atoms with E-state index in [4.69, 9.17) is 9.47 Å². The van der Waals surface area contributed by atoms with E-state index >= 15 is 0 Å². The topological polar surface area (TPSA) is 124 Å². The Morgan fingerprint density at radius 1 is 0.763 bits per heavy atom. The molecular weight excluding hydrogens is 526 g/mol. The molecule has 2 amide bonds. The van der Waals surface area contributed by atoms with Crippen molar-refractivity contribution in [2.75, 3.05) is 23.8 Å². The maximum atomic E-state index is 12.9. The largest absolute Gasteiger partial charge is 0.462 e. The zero-order chi connectivity index (χ0) is 28.0. The molecular formula is C27H31N3O6S2. The van der Waals surface area contributed by atoms with Crippen molar-refractivity contribution >= 4 is 56.4 Å². The maximum Gasteiger partial charge on any atom is 0.341 e. The van der Waals surface area contributed by atoms with Gasteiger partial charge in [0.25, 0.3) is 11.8 Å². The van der Waals surface area contributed by atoms with Crippen LogP contribution in [0.1, 0.15) is 90.1 Å². The van der Waals surface area contributed by atoms with Gasteiger partial charge in [0, 0.05) is 16.0 Å². The van der Waals surface area contributed by atoms with E-state index in [1.165, 1.54) is 41.0 Å². The molecule has 3 rings (SSSR count). The van der Waals surface area contributed by atoms with E-state index in [1.54, 1.807) is 13.8 Å². The van der Waals surface area contributed by atoms with Crippen molar-refractivity contribution in [3.05, 3.63) is 61.6 Å². The van der Waals surface area contributed by atoms with Gasteiger partial charge in [-0.1, -0.05) is 13.8 Å². The lowest BCUT2D eigenvalue weighted by Crippen LogP contribution is -2.18. The van der Waals surface area contributed by atoms with Gasteiger partial charge in [0.2, 0.25) is 0 Å². The minimum atomic E-state index is -0.516. The fraction of sp³-hybridized carbons (Fsp3) is 0.370. The monoisotopic (exact) mass is 557 g/mol. The van der Waals surface area contributed by atoms with Gasteiger partial charge in [0.1, 0.15) is 15.7 Å². The third-order valence-corrected chi connectivity index (χ3v) is 7.92. The average Bonchev–Trinajstić information content (AvgIpc) is 3.38. The Balaban J connectivity index is 1.79. The van der Waals surface area contributed by atoms with Gasteiger partial charge >= 0.3 is 11.9 Å². The van der Waals surface area contributed by atoms with Crippen LogP contribution in [0.3, 0.4) is 0 Å². The van der Waals surface area contributed by atoms with Crippen molar-refractivity contribution in [2.45, 2.75) is 54.4 Å². The smallest absolute Gasteiger partial charge is 0.341 e. The molecule has 0 spiro atoms. The number of aryl methyl sites for hydroxylation is 2. The lowest BCUT2D eigenvalue weighted by molar-refractivity contribution is 0.0517. The highest BCUT2D eigenvalue weighted by Crippen LogP contribution is 2.35. The number of hydrogen-bond acceptors (Lipinski definition) is 9. The number of rotatable bonds is 10. The Labute approximate surface area is 229 Å². The summed E-state index contributed by atoms with van der Waals surface area (Å²) in [5, 5.41) is 6.36. The number of thiophene rings is 2. The molecule has 0 bridgehead atoms. The highest BCUT2D eigenvalue weighted by atomic mass is 32.1. The molecule has 3 aromatic rings. The minimum Gasteiger partial charge on any atom is -0.462 e. The van der Waals surface area contributed by atoms with E-state index in [0.29, 0.717) is 34.0 Å². The summed E-state index contributed by atoms with van der Waals surface area (Å²) in [6, 6.07) is 2.91. The Kier molecular flexibility index (Phi) is 9.76. The first-order valence-electron chi connectivity index (χ1n) is 12.3. The van der Waals surface area contributed by atoms with Crippen LogP contribution in [-0.4, -0.2) is 42.0 Å². The molecule has 0 radical (unpaired) electrons. The molecule has 202 valence electrons. The van der Waals surface area contributed by atoms with Crippen molar-refractivity contribution in [3.8, 4) is 0 Å². The number of nitrogens with zero attached hydrogens (tertiary/aromatic N) is 1. The number of hydrogen-bond donors (Lipinski definition) is 2. The average molecular weight is 558 g/mol. The predicted octanol–water partition coefficient (Wildman–Crippen LogP) is 5.80. The number of carbonyl (C=O) groups is 4. The lowest BCUT2D eigenvalue weighted by atomic mass is 10.1. The number of anilines is 2. The van der Waals surface area contributed by atoms with Gasteiger partial charge < -0.3 is 20.1 Å². The van der Waals surface area contributed by atoms with Crippen LogP contribution in [0, 0.1) is 13.8 Å². The zero-order valence-corrected chi connectivity index (χ0v) is 23.9. The molecule has 0 fully saturated rings. The van der Waals surface area contributed by atoms with Gasteiger partial charge in [0.15, 0.2) is 0 Å². The van der Waals surface area contributed by atoms with Crippen LogP contribution in [-0.2, 0) is 22.3 Å². The third-order valence-electron chi connectivity index (χ3n) is 5.80. The summed E-state index contributed by atoms with van der Waals surface area (Å²) in [6.45, 7) is 11.6. The van der Waals surface area contributed by atoms with Gasteiger partial charge in [-0.2, -0.15) is 0 Å². The Morgan fingerprint density at radius 2 is 1.24 bits per heavy atom. The van der Waals surface area contributed by atoms with E-state index in [9.17, 15) is 19.2 Å². The molecule has 11 heteroatoms. The fourth-order valence-electron chi connectivity index (χ4n) is 4.03. The quantitative estimate of drug-likeness (QED) is 0.302. The standard InChI is InChI=1S/C27H31N3O6S2/c1-7-17-14(5)37-24(20(17)26(33)35-9-3)29-22(31)16-11-12-19(28-13-16)23(32)30-25-21(27(34)36-10-4)18(8-2)15(6)38-25/h11-13H,7-10H2,1-6H3,(H,29,31)(H,30,32). The van der Waals surface area contributed by atoms with Crippen LogP contribution < -0.4 is 10.6 Å². The van der Waals surface area contributed by atoms with Crippen LogP contribution in [0.15, 0.2) is 18.3 Å². The van der Waals surface area contributed by atoms with E-state index in [1.807, 2.05) is 27.7 Å². The second-order valence-electron chi connectivity index (χ2n) is 8.17. The molecule has 0 aliphatic heterocycles. The fourth-order valence-corrected chi connectivity index (χ4v) is 6.28. The molecule has 0 atom stereocenters. The molecule has 38 heavy (non-hydrogen) atoms. The van der Waals surface area contributed by atoms with E-state index in [0.717, 1.165) is 20.9 Å². The van der Waals surface area contributed by atoms with Gasteiger partial charge in [-0.15, -0.1) is 22.7 Å². The first kappa shape index (κ1) is 29.0. The SMILES string of the molecule is CCOC(=O)c1c(NC(=O)c2ccc(C(=O)Nc3sc(C)c(CC)c3C(=O)OCC)nc2)sc(C)c1CC. The maximum absolute atomic E-state index is 12.9. The molecule has 0 aliphatic carbocycles. The van der Waals surface area contributed by atoms with Crippen molar-refractivity contribution in [3.63, 3.8) is 0 Å². The summed E-state index contributed by atoms with van der Waals surface area (Å²) in [5.41, 5.74) is 2.69. The summed E-state index contributed by atoms with van der Waals surface area (Å²) in [5.74, 6) is -1.95. The first-order valence-corrected chi connectivity index (χ1v) is 14.0. The summed E-state index contributed by atoms with van der Waals surface area (Å²) in [6.07, 6.45) is 2.54. The number of ether oxygens (including phenoxy) is 2. The molecule has 0 aromatic carbocycles. The number of carbonyl (C=O) groups excluding carboxylic acids is 4.